The van der Waals surface area contributed by atoms with Crippen LogP contribution >= 0.6 is 0 Å². The van der Waals surface area contributed by atoms with Crippen LogP contribution in [0.2, 0.25) is 0 Å². The molecule has 0 aliphatic carbocycles. The average Bonchev–Trinajstić information content (AvgIpc) is 2.97. The predicted octanol–water partition coefficient (Wildman–Crippen LogP) is 3.58. The van der Waals surface area contributed by atoms with E-state index in [2.05, 4.69) is 24.3 Å². The second-order valence-electron chi connectivity index (χ2n) is 6.05. The van der Waals surface area contributed by atoms with Crippen LogP contribution in [0.1, 0.15) is 44.1 Å². The maximum atomic E-state index is 13.1. The second-order valence-corrected chi connectivity index (χ2v) is 6.05. The molecule has 1 N–H and O–H groups in total. The zero-order valence-corrected chi connectivity index (χ0v) is 14.4. The molecule has 1 aromatic heterocycles. The van der Waals surface area contributed by atoms with Crippen molar-refractivity contribution in [3.8, 4) is 11.4 Å². The monoisotopic (exact) mass is 333 g/mol. The highest BCUT2D eigenvalue weighted by Crippen LogP contribution is 2.20. The van der Waals surface area contributed by atoms with Gasteiger partial charge in [0.25, 0.3) is 5.91 Å². The van der Waals surface area contributed by atoms with Crippen LogP contribution in [0, 0.1) is 11.7 Å². The Kier molecular flexibility index (Phi) is 6.35. The minimum absolute atomic E-state index is 0.247. The lowest BCUT2D eigenvalue weighted by Gasteiger charge is -2.07. The lowest BCUT2D eigenvalue weighted by atomic mass is 10.1. The van der Waals surface area contributed by atoms with Crippen LogP contribution in [-0.2, 0) is 0 Å². The van der Waals surface area contributed by atoms with Crippen LogP contribution in [0.3, 0.4) is 0 Å². The van der Waals surface area contributed by atoms with Crippen molar-refractivity contribution in [2.24, 2.45) is 5.92 Å². The number of carbonyl (C=O) groups excluding carboxylic acids is 1. The van der Waals surface area contributed by atoms with E-state index >= 15 is 0 Å². The first-order valence-corrected chi connectivity index (χ1v) is 8.27. The van der Waals surface area contributed by atoms with Crippen LogP contribution in [0.25, 0.3) is 5.69 Å². The number of nitrogens with one attached hydrogen (secondary N) is 1. The number of ether oxygens (including phenoxy) is 1. The van der Waals surface area contributed by atoms with Crippen LogP contribution in [0.4, 0.5) is 4.39 Å². The van der Waals surface area contributed by atoms with Gasteiger partial charge in [-0.3, -0.25) is 4.79 Å². The molecule has 0 atom stereocenters. The van der Waals surface area contributed by atoms with E-state index < -0.39 is 0 Å². The number of rotatable bonds is 8. The van der Waals surface area contributed by atoms with Gasteiger partial charge >= 0.3 is 0 Å². The minimum Gasteiger partial charge on any atom is -0.489 e. The molecule has 0 fully saturated rings. The normalized spacial score (nSPS) is 10.9. The molecule has 130 valence electrons. The predicted molar refractivity (Wildman–Crippen MR) is 91.1 cm³/mol. The summed E-state index contributed by atoms with van der Waals surface area (Å²) in [5.41, 5.74) is 0.913. The lowest BCUT2D eigenvalue weighted by Crippen LogP contribution is -2.26. The summed E-state index contributed by atoms with van der Waals surface area (Å²) in [6.07, 6.45) is 3.38. The van der Waals surface area contributed by atoms with E-state index in [9.17, 15) is 9.18 Å². The Balaban J connectivity index is 2.21. The molecular formula is C18H24FN3O2. The van der Waals surface area contributed by atoms with E-state index in [1.807, 2.05) is 6.92 Å². The minimum atomic E-state index is -0.319. The Morgan fingerprint density at radius 2 is 2.04 bits per heavy atom. The number of amides is 1. The van der Waals surface area contributed by atoms with Gasteiger partial charge in [0.05, 0.1) is 18.5 Å². The van der Waals surface area contributed by atoms with Gasteiger partial charge in [0.1, 0.15) is 5.82 Å². The van der Waals surface area contributed by atoms with Gasteiger partial charge < -0.3 is 10.1 Å². The van der Waals surface area contributed by atoms with Crippen molar-refractivity contribution >= 4 is 5.91 Å². The molecule has 6 heteroatoms. The molecule has 0 saturated heterocycles. The SMILES string of the molecule is CCCOc1cn(-c2ccc(F)cc2)nc1C(=O)NCCC(C)C. The zero-order chi connectivity index (χ0) is 17.5. The third-order valence-corrected chi connectivity index (χ3v) is 3.46. The third-order valence-electron chi connectivity index (χ3n) is 3.46. The fourth-order valence-electron chi connectivity index (χ4n) is 2.12. The van der Waals surface area contributed by atoms with E-state index in [1.54, 1.807) is 18.3 Å². The van der Waals surface area contributed by atoms with Gasteiger partial charge in [-0.1, -0.05) is 20.8 Å². The molecule has 0 radical (unpaired) electrons. The largest absolute Gasteiger partial charge is 0.489 e. The van der Waals surface area contributed by atoms with Crippen LogP contribution in [-0.4, -0.2) is 28.8 Å². The summed E-state index contributed by atoms with van der Waals surface area (Å²) >= 11 is 0. The van der Waals surface area contributed by atoms with Crippen molar-refractivity contribution in [3.63, 3.8) is 0 Å². The van der Waals surface area contributed by atoms with Crippen molar-refractivity contribution in [3.05, 3.63) is 42.0 Å². The lowest BCUT2D eigenvalue weighted by molar-refractivity contribution is 0.0942. The molecule has 5 nitrogen and oxygen atoms in total. The Morgan fingerprint density at radius 1 is 1.33 bits per heavy atom. The smallest absolute Gasteiger partial charge is 0.275 e. The molecule has 0 unspecified atom stereocenters. The van der Waals surface area contributed by atoms with Crippen LogP contribution in [0.5, 0.6) is 5.75 Å². The first kappa shape index (κ1) is 18.0. The van der Waals surface area contributed by atoms with Gasteiger partial charge in [0.2, 0.25) is 0 Å². The Hall–Kier alpha value is -2.37. The standard InChI is InChI=1S/C18H24FN3O2/c1-4-11-24-16-12-22(15-7-5-14(19)6-8-15)21-17(16)18(23)20-10-9-13(2)3/h5-8,12-13H,4,9-11H2,1-3H3,(H,20,23). The van der Waals surface area contributed by atoms with E-state index in [0.717, 1.165) is 12.8 Å². The van der Waals surface area contributed by atoms with Crippen LogP contribution in [0.15, 0.2) is 30.5 Å². The number of hydrogen-bond donors (Lipinski definition) is 1. The first-order valence-electron chi connectivity index (χ1n) is 8.27. The number of hydrogen-bond acceptors (Lipinski definition) is 3. The van der Waals surface area contributed by atoms with Crippen molar-refractivity contribution in [2.75, 3.05) is 13.2 Å². The second kappa shape index (κ2) is 8.47. The fraction of sp³-hybridized carbons (Fsp3) is 0.444. The van der Waals surface area contributed by atoms with Crippen molar-refractivity contribution in [2.45, 2.75) is 33.6 Å². The molecule has 24 heavy (non-hydrogen) atoms. The quantitative estimate of drug-likeness (QED) is 0.803. The summed E-state index contributed by atoms with van der Waals surface area (Å²) in [5, 5.41) is 7.18. The molecule has 0 spiro atoms. The summed E-state index contributed by atoms with van der Waals surface area (Å²) in [5.74, 6) is 0.365. The van der Waals surface area contributed by atoms with Crippen molar-refractivity contribution < 1.29 is 13.9 Å². The first-order chi connectivity index (χ1) is 11.5. The number of halogens is 1. The van der Waals surface area contributed by atoms with Gasteiger partial charge in [-0.15, -0.1) is 0 Å². The highest BCUT2D eigenvalue weighted by Gasteiger charge is 2.18. The highest BCUT2D eigenvalue weighted by atomic mass is 19.1. The molecule has 1 amide bonds. The molecule has 1 heterocycles. The summed E-state index contributed by atoms with van der Waals surface area (Å²) < 4.78 is 20.2. The van der Waals surface area contributed by atoms with E-state index in [4.69, 9.17) is 4.74 Å². The number of carbonyl (C=O) groups is 1. The molecule has 2 rings (SSSR count). The molecule has 0 aliphatic rings. The molecule has 2 aromatic rings. The number of benzene rings is 1. The van der Waals surface area contributed by atoms with Gasteiger partial charge in [-0.25, -0.2) is 9.07 Å². The summed E-state index contributed by atoms with van der Waals surface area (Å²) in [4.78, 5) is 12.4. The van der Waals surface area contributed by atoms with Gasteiger partial charge in [0, 0.05) is 6.54 Å². The Labute approximate surface area is 141 Å². The molecule has 1 aromatic carbocycles. The van der Waals surface area contributed by atoms with Crippen molar-refractivity contribution in [1.82, 2.24) is 15.1 Å². The zero-order valence-electron chi connectivity index (χ0n) is 14.4. The summed E-state index contributed by atoms with van der Waals surface area (Å²) in [6.45, 7) is 7.29. The number of nitrogens with zero attached hydrogens (tertiary/aromatic N) is 2. The maximum Gasteiger partial charge on any atom is 0.275 e. The number of aromatic nitrogens is 2. The fourth-order valence-corrected chi connectivity index (χ4v) is 2.12. The summed E-state index contributed by atoms with van der Waals surface area (Å²) in [6, 6.07) is 5.91. The maximum absolute atomic E-state index is 13.1. The van der Waals surface area contributed by atoms with E-state index in [0.29, 0.717) is 30.5 Å². The van der Waals surface area contributed by atoms with Gasteiger partial charge in [-0.05, 0) is 43.0 Å². The van der Waals surface area contributed by atoms with Crippen LogP contribution < -0.4 is 10.1 Å². The molecule has 0 saturated carbocycles. The van der Waals surface area contributed by atoms with E-state index in [-0.39, 0.29) is 17.4 Å². The Morgan fingerprint density at radius 3 is 2.67 bits per heavy atom. The molecular weight excluding hydrogens is 309 g/mol. The third kappa shape index (κ3) is 4.81. The highest BCUT2D eigenvalue weighted by molar-refractivity contribution is 5.94. The topological polar surface area (TPSA) is 56.2 Å². The van der Waals surface area contributed by atoms with Gasteiger partial charge in [-0.2, -0.15) is 5.10 Å². The summed E-state index contributed by atoms with van der Waals surface area (Å²) in [7, 11) is 0. The molecule has 0 aliphatic heterocycles. The van der Waals surface area contributed by atoms with Crippen molar-refractivity contribution in [1.29, 1.82) is 0 Å². The average molecular weight is 333 g/mol. The van der Waals surface area contributed by atoms with E-state index in [1.165, 1.54) is 16.8 Å². The van der Waals surface area contributed by atoms with Gasteiger partial charge in [0.15, 0.2) is 11.4 Å². The molecule has 0 bridgehead atoms. The Bertz CT molecular complexity index is 665.